The molecule has 3 rings (SSSR count). The van der Waals surface area contributed by atoms with Gasteiger partial charge in [-0.1, -0.05) is 12.7 Å². The number of ketones is 1. The average Bonchev–Trinajstić information content (AvgIpc) is 3.21. The Morgan fingerprint density at radius 2 is 1.86 bits per heavy atom. The van der Waals surface area contributed by atoms with Crippen molar-refractivity contribution in [1.82, 2.24) is 10.3 Å². The van der Waals surface area contributed by atoms with Crippen LogP contribution in [-0.2, 0) is 14.8 Å². The predicted molar refractivity (Wildman–Crippen MR) is 138 cm³/mol. The van der Waals surface area contributed by atoms with Crippen LogP contribution >= 0.6 is 0 Å². The van der Waals surface area contributed by atoms with Gasteiger partial charge in [-0.3, -0.25) is 9.10 Å². The number of fused-ring (bicyclic) bond motifs is 1. The van der Waals surface area contributed by atoms with Gasteiger partial charge >= 0.3 is 0 Å². The third-order valence-corrected chi connectivity index (χ3v) is 6.40. The fourth-order valence-electron chi connectivity index (χ4n) is 3.59. The van der Waals surface area contributed by atoms with Crippen molar-refractivity contribution in [3.63, 3.8) is 0 Å². The molecule has 3 aromatic rings. The zero-order valence-corrected chi connectivity index (χ0v) is 21.5. The Balaban J connectivity index is 0.00000222. The highest BCUT2D eigenvalue weighted by Gasteiger charge is 2.27. The second kappa shape index (κ2) is 12.4. The molecule has 0 aliphatic rings. The highest BCUT2D eigenvalue weighted by Crippen LogP contribution is 2.36. The predicted octanol–water partition coefficient (Wildman–Crippen LogP) is 3.77. The largest absolute Gasteiger partial charge is 0.437 e. The van der Waals surface area contributed by atoms with Gasteiger partial charge in [-0.25, -0.2) is 12.8 Å². The highest BCUT2D eigenvalue weighted by atomic mass is 32.2. The number of furan rings is 1. The van der Waals surface area contributed by atoms with E-state index in [4.69, 9.17) is 9.52 Å². The topological polar surface area (TPSA) is 130 Å². The minimum absolute atomic E-state index is 0.0304. The third kappa shape index (κ3) is 6.55. The number of nitrogens with zero attached hydrogens (tertiary/aromatic N) is 2. The number of rotatable bonds is 10. The fraction of sp³-hybridized carbons (Fsp3) is 0.320. The maximum Gasteiger partial charge on any atom is 0.255 e. The second-order valence-corrected chi connectivity index (χ2v) is 9.75. The normalized spacial score (nSPS) is 10.9. The molecule has 0 bridgehead atoms. The van der Waals surface area contributed by atoms with E-state index in [1.165, 1.54) is 44.3 Å². The van der Waals surface area contributed by atoms with Crippen LogP contribution in [0.2, 0.25) is 0 Å². The van der Waals surface area contributed by atoms with Crippen LogP contribution in [0.4, 0.5) is 10.2 Å². The summed E-state index contributed by atoms with van der Waals surface area (Å²) < 4.78 is 45.7. The van der Waals surface area contributed by atoms with Crippen LogP contribution in [0.1, 0.15) is 42.1 Å². The number of unbranched alkanes of at least 4 members (excludes halogenated alkanes) is 1. The molecular formula is C25H30FN3O6S. The summed E-state index contributed by atoms with van der Waals surface area (Å²) in [5, 5.41) is 9.93. The summed E-state index contributed by atoms with van der Waals surface area (Å²) in [5.41, 5.74) is 1.10. The molecule has 1 amide bonds. The number of hydrogen-bond acceptors (Lipinski definition) is 7. The van der Waals surface area contributed by atoms with Gasteiger partial charge in [0.25, 0.3) is 5.91 Å². The lowest BCUT2D eigenvalue weighted by atomic mass is 10.0. The number of aliphatic hydroxyl groups is 1. The van der Waals surface area contributed by atoms with Crippen molar-refractivity contribution in [1.29, 1.82) is 0 Å². The first-order chi connectivity index (χ1) is 17.1. The van der Waals surface area contributed by atoms with Gasteiger partial charge in [0.05, 0.1) is 17.2 Å². The van der Waals surface area contributed by atoms with E-state index in [1.54, 1.807) is 6.07 Å². The van der Waals surface area contributed by atoms with Gasteiger partial charge in [-0.05, 0) is 50.1 Å². The Morgan fingerprint density at radius 1 is 1.22 bits per heavy atom. The van der Waals surface area contributed by atoms with Gasteiger partial charge in [0.1, 0.15) is 17.4 Å². The Kier molecular flexibility index (Phi) is 9.88. The van der Waals surface area contributed by atoms with E-state index in [2.05, 4.69) is 16.9 Å². The molecule has 0 saturated carbocycles. The van der Waals surface area contributed by atoms with Crippen LogP contribution in [0.25, 0.3) is 28.5 Å². The maximum atomic E-state index is 13.4. The van der Waals surface area contributed by atoms with Gasteiger partial charge in [-0.15, -0.1) is 0 Å². The number of carbonyl (C=O) groups excluding carboxylic acids is 2. The first-order valence-electron chi connectivity index (χ1n) is 11.1. The number of aliphatic hydroxyl groups excluding tert-OH is 1. The summed E-state index contributed by atoms with van der Waals surface area (Å²) >= 11 is 0. The van der Waals surface area contributed by atoms with E-state index in [9.17, 15) is 22.4 Å². The molecule has 0 unspecified atom stereocenters. The van der Waals surface area contributed by atoms with E-state index in [-0.39, 0.29) is 35.2 Å². The van der Waals surface area contributed by atoms with E-state index in [0.29, 0.717) is 35.8 Å². The Hall–Kier alpha value is -3.57. The first kappa shape index (κ1) is 28.7. The van der Waals surface area contributed by atoms with Crippen molar-refractivity contribution in [2.75, 3.05) is 31.3 Å². The molecule has 2 heterocycles. The summed E-state index contributed by atoms with van der Waals surface area (Å²) in [7, 11) is -1.26. The van der Waals surface area contributed by atoms with Crippen LogP contribution < -0.4 is 9.62 Å². The van der Waals surface area contributed by atoms with Gasteiger partial charge < -0.3 is 19.6 Å². The monoisotopic (exact) mass is 519 g/mol. The van der Waals surface area contributed by atoms with Gasteiger partial charge in [0.2, 0.25) is 15.7 Å². The molecular weight excluding hydrogens is 489 g/mol. The zero-order valence-electron chi connectivity index (χ0n) is 20.7. The van der Waals surface area contributed by atoms with Crippen molar-refractivity contribution < 1.29 is 31.9 Å². The number of halogens is 1. The number of amides is 1. The average molecular weight is 520 g/mol. The molecule has 0 atom stereocenters. The summed E-state index contributed by atoms with van der Waals surface area (Å²) in [5.74, 6) is -0.559. The van der Waals surface area contributed by atoms with E-state index in [1.807, 2.05) is 0 Å². The third-order valence-electron chi connectivity index (χ3n) is 5.25. The first-order valence-corrected chi connectivity index (χ1v) is 12.9. The number of sulfonamides is 1. The maximum absolute atomic E-state index is 13.4. The van der Waals surface area contributed by atoms with E-state index >= 15 is 0 Å². The van der Waals surface area contributed by atoms with Gasteiger partial charge in [-0.2, -0.15) is 4.98 Å². The molecule has 0 spiro atoms. The summed E-state index contributed by atoms with van der Waals surface area (Å²) in [6, 6.07) is 7.05. The summed E-state index contributed by atoms with van der Waals surface area (Å²) in [6.45, 7) is 5.37. The molecule has 11 heteroatoms. The van der Waals surface area contributed by atoms with E-state index in [0.717, 1.165) is 17.7 Å². The Morgan fingerprint density at radius 3 is 2.39 bits per heavy atom. The number of hydrogen-bond donors (Lipinski definition) is 2. The van der Waals surface area contributed by atoms with Crippen molar-refractivity contribution in [3.05, 3.63) is 53.9 Å². The number of carbonyl (C=O) groups is 2. The van der Waals surface area contributed by atoms with Crippen LogP contribution in [-0.4, -0.2) is 57.2 Å². The summed E-state index contributed by atoms with van der Waals surface area (Å²) in [6.07, 6.45) is 3.86. The molecule has 194 valence electrons. The lowest BCUT2D eigenvalue weighted by Crippen LogP contribution is -2.32. The Bertz CT molecular complexity index is 1350. The highest BCUT2D eigenvalue weighted by molar-refractivity contribution is 7.92. The van der Waals surface area contributed by atoms with Gasteiger partial charge in [0.15, 0.2) is 5.82 Å². The van der Waals surface area contributed by atoms with Crippen LogP contribution in [0.15, 0.2) is 41.3 Å². The number of anilines is 1. The van der Waals surface area contributed by atoms with Crippen LogP contribution in [0.3, 0.4) is 0 Å². The number of aromatic nitrogens is 1. The zero-order chi connectivity index (χ0) is 27.0. The number of nitrogens with one attached hydrogen (secondary N) is 1. The van der Waals surface area contributed by atoms with Crippen molar-refractivity contribution >= 4 is 44.7 Å². The molecule has 1 aromatic carbocycles. The molecule has 2 N–H and O–H groups in total. The van der Waals surface area contributed by atoms with Crippen molar-refractivity contribution in [2.24, 2.45) is 0 Å². The molecule has 0 fully saturated rings. The second-order valence-electron chi connectivity index (χ2n) is 7.84. The molecule has 0 aliphatic carbocycles. The minimum atomic E-state index is -3.73. The van der Waals surface area contributed by atoms with Gasteiger partial charge in [0, 0.05) is 38.2 Å². The summed E-state index contributed by atoms with van der Waals surface area (Å²) in [4.78, 5) is 28.4. The fourth-order valence-corrected chi connectivity index (χ4v) is 4.51. The smallest absolute Gasteiger partial charge is 0.255 e. The number of benzene rings is 1. The minimum Gasteiger partial charge on any atom is -0.437 e. The SMILES string of the molecule is C=Cc1cc2c(C(=O)NC)c(-c3ccc(F)cc3)oc2nc1N(CCCCC(C)=O)S(C)(=O)=O.CO. The quantitative estimate of drug-likeness (QED) is 0.390. The molecule has 9 nitrogen and oxygen atoms in total. The standard InChI is InChI=1S/C24H26FN3O5S.CH4O/c1-5-16-14-19-20(23(30)26-3)21(17-9-11-18(25)12-10-17)33-24(19)27-22(16)28(34(4,31)32)13-7-6-8-15(2)29;1-2/h5,9-12,14H,1,6-8,13H2,2-4H3,(H,26,30);2H,1H3. The lowest BCUT2D eigenvalue weighted by Gasteiger charge is -2.23. The van der Waals surface area contributed by atoms with Crippen molar-refractivity contribution in [3.8, 4) is 11.3 Å². The molecule has 0 saturated heterocycles. The number of pyridine rings is 1. The Labute approximate surface area is 209 Å². The van der Waals surface area contributed by atoms with Crippen molar-refractivity contribution in [2.45, 2.75) is 26.2 Å². The number of Topliss-reactive ketones (excluding diaryl/α,β-unsaturated/α-hetero) is 1. The van der Waals surface area contributed by atoms with E-state index < -0.39 is 21.7 Å². The molecule has 0 radical (unpaired) electrons. The lowest BCUT2D eigenvalue weighted by molar-refractivity contribution is -0.117. The molecule has 0 aliphatic heterocycles. The van der Waals surface area contributed by atoms with Crippen LogP contribution in [0, 0.1) is 5.82 Å². The molecule has 2 aromatic heterocycles. The van der Waals surface area contributed by atoms with Crippen LogP contribution in [0.5, 0.6) is 0 Å². The molecule has 36 heavy (non-hydrogen) atoms.